The van der Waals surface area contributed by atoms with E-state index in [0.717, 1.165) is 18.2 Å². The van der Waals surface area contributed by atoms with Crippen molar-refractivity contribution in [2.24, 2.45) is 5.73 Å². The minimum absolute atomic E-state index is 0.175. The van der Waals surface area contributed by atoms with E-state index in [1.54, 1.807) is 12.3 Å². The smallest absolute Gasteiger partial charge is 0.248 e. The number of benzene rings is 1. The van der Waals surface area contributed by atoms with E-state index in [2.05, 4.69) is 17.2 Å². The van der Waals surface area contributed by atoms with Gasteiger partial charge in [0.25, 0.3) is 0 Å². The van der Waals surface area contributed by atoms with Crippen molar-refractivity contribution in [2.75, 3.05) is 0 Å². The van der Waals surface area contributed by atoms with Gasteiger partial charge in [-0.3, -0.25) is 9.78 Å². The second-order valence-corrected chi connectivity index (χ2v) is 4.74. The summed E-state index contributed by atoms with van der Waals surface area (Å²) in [6, 6.07) is 8.20. The number of carbonyl (C=O) groups is 1. The van der Waals surface area contributed by atoms with Crippen molar-refractivity contribution >= 4 is 5.91 Å². The van der Waals surface area contributed by atoms with Gasteiger partial charge in [0.05, 0.1) is 5.69 Å². The van der Waals surface area contributed by atoms with Gasteiger partial charge < -0.3 is 11.1 Å². The number of hydrogen-bond acceptors (Lipinski definition) is 3. The number of amides is 1. The van der Waals surface area contributed by atoms with Crippen molar-refractivity contribution < 1.29 is 9.18 Å². The Balaban J connectivity index is 1.99. The van der Waals surface area contributed by atoms with Crippen LogP contribution in [0.1, 0.15) is 34.1 Å². The number of primary amides is 1. The number of rotatable bonds is 6. The van der Waals surface area contributed by atoms with E-state index in [-0.39, 0.29) is 5.56 Å². The fourth-order valence-corrected chi connectivity index (χ4v) is 2.11. The molecule has 1 heterocycles. The Morgan fingerprint density at radius 3 is 2.76 bits per heavy atom. The average molecular weight is 287 g/mol. The molecule has 21 heavy (non-hydrogen) atoms. The van der Waals surface area contributed by atoms with Crippen LogP contribution in [-0.4, -0.2) is 10.9 Å². The van der Waals surface area contributed by atoms with Gasteiger partial charge in [-0.05, 0) is 30.2 Å². The third-order valence-electron chi connectivity index (χ3n) is 3.31. The maximum absolute atomic E-state index is 13.8. The summed E-state index contributed by atoms with van der Waals surface area (Å²) in [5.41, 5.74) is 7.92. The summed E-state index contributed by atoms with van der Waals surface area (Å²) in [5.74, 6) is -1.06. The Labute approximate surface area is 123 Å². The Bertz CT molecular complexity index is 643. The highest BCUT2D eigenvalue weighted by atomic mass is 19.1. The summed E-state index contributed by atoms with van der Waals surface area (Å²) >= 11 is 0. The van der Waals surface area contributed by atoms with E-state index in [1.807, 2.05) is 12.1 Å². The molecule has 0 saturated carbocycles. The highest BCUT2D eigenvalue weighted by Gasteiger charge is 2.07. The number of nitrogens with two attached hydrogens (primary N) is 1. The van der Waals surface area contributed by atoms with Gasteiger partial charge in [0.1, 0.15) is 5.82 Å². The quantitative estimate of drug-likeness (QED) is 0.855. The van der Waals surface area contributed by atoms with Gasteiger partial charge in [-0.25, -0.2) is 4.39 Å². The van der Waals surface area contributed by atoms with Crippen molar-refractivity contribution in [3.05, 3.63) is 64.7 Å². The molecule has 0 unspecified atom stereocenters. The number of aromatic nitrogens is 1. The molecule has 0 spiro atoms. The van der Waals surface area contributed by atoms with Crippen LogP contribution in [-0.2, 0) is 19.5 Å². The Hall–Kier alpha value is -2.27. The molecule has 0 atom stereocenters. The molecule has 0 radical (unpaired) electrons. The fraction of sp³-hybridized carbons (Fsp3) is 0.250. The number of hydrogen-bond donors (Lipinski definition) is 2. The number of halogens is 1. The number of carbonyl (C=O) groups excluding carboxylic acids is 1. The van der Waals surface area contributed by atoms with Crippen molar-refractivity contribution in [3.63, 3.8) is 0 Å². The first-order valence-electron chi connectivity index (χ1n) is 6.83. The van der Waals surface area contributed by atoms with Crippen LogP contribution in [0.15, 0.2) is 36.5 Å². The molecular weight excluding hydrogens is 269 g/mol. The number of nitrogens with zero attached hydrogens (tertiary/aromatic N) is 1. The second-order valence-electron chi connectivity index (χ2n) is 4.74. The zero-order valence-electron chi connectivity index (χ0n) is 11.9. The van der Waals surface area contributed by atoms with E-state index in [4.69, 9.17) is 5.73 Å². The molecule has 0 fully saturated rings. The van der Waals surface area contributed by atoms with Crippen LogP contribution in [0.2, 0.25) is 0 Å². The molecular formula is C16H18FN3O. The van der Waals surface area contributed by atoms with Crippen LogP contribution in [0.25, 0.3) is 0 Å². The van der Waals surface area contributed by atoms with Gasteiger partial charge in [-0.2, -0.15) is 0 Å². The van der Waals surface area contributed by atoms with Crippen molar-refractivity contribution in [1.82, 2.24) is 10.3 Å². The van der Waals surface area contributed by atoms with E-state index in [9.17, 15) is 9.18 Å². The van der Waals surface area contributed by atoms with E-state index in [0.29, 0.717) is 18.7 Å². The molecule has 1 aromatic heterocycles. The minimum Gasteiger partial charge on any atom is -0.366 e. The van der Waals surface area contributed by atoms with Crippen molar-refractivity contribution in [3.8, 4) is 0 Å². The molecule has 2 rings (SSSR count). The normalized spacial score (nSPS) is 10.6. The molecule has 1 aromatic carbocycles. The van der Waals surface area contributed by atoms with Gasteiger partial charge in [0.2, 0.25) is 5.91 Å². The number of nitrogens with one attached hydrogen (secondary N) is 1. The lowest BCUT2D eigenvalue weighted by Crippen LogP contribution is -2.17. The number of pyridine rings is 1. The minimum atomic E-state index is -0.630. The molecule has 0 bridgehead atoms. The Morgan fingerprint density at radius 2 is 2.10 bits per heavy atom. The lowest BCUT2D eigenvalue weighted by Gasteiger charge is -2.09. The van der Waals surface area contributed by atoms with Crippen LogP contribution < -0.4 is 11.1 Å². The van der Waals surface area contributed by atoms with E-state index < -0.39 is 11.7 Å². The Morgan fingerprint density at radius 1 is 1.29 bits per heavy atom. The maximum atomic E-state index is 13.8. The molecule has 5 heteroatoms. The average Bonchev–Trinajstić information content (AvgIpc) is 2.49. The van der Waals surface area contributed by atoms with Crippen LogP contribution in [0.5, 0.6) is 0 Å². The van der Waals surface area contributed by atoms with Gasteiger partial charge in [-0.15, -0.1) is 0 Å². The fourth-order valence-electron chi connectivity index (χ4n) is 2.11. The van der Waals surface area contributed by atoms with Gasteiger partial charge in [-0.1, -0.05) is 19.1 Å². The summed E-state index contributed by atoms with van der Waals surface area (Å²) < 4.78 is 13.8. The predicted molar refractivity (Wildman–Crippen MR) is 79.1 cm³/mol. The number of aryl methyl sites for hydroxylation is 1. The maximum Gasteiger partial charge on any atom is 0.248 e. The highest BCUT2D eigenvalue weighted by Crippen LogP contribution is 2.11. The zero-order valence-corrected chi connectivity index (χ0v) is 11.9. The monoisotopic (exact) mass is 287 g/mol. The summed E-state index contributed by atoms with van der Waals surface area (Å²) in [4.78, 5) is 15.3. The third kappa shape index (κ3) is 3.86. The third-order valence-corrected chi connectivity index (χ3v) is 3.31. The van der Waals surface area contributed by atoms with Crippen molar-refractivity contribution in [2.45, 2.75) is 26.4 Å². The molecule has 0 aliphatic carbocycles. The summed E-state index contributed by atoms with van der Waals surface area (Å²) in [5, 5.41) is 3.16. The summed E-state index contributed by atoms with van der Waals surface area (Å²) in [6.07, 6.45) is 2.66. The first-order chi connectivity index (χ1) is 10.1. The van der Waals surface area contributed by atoms with Crippen molar-refractivity contribution in [1.29, 1.82) is 0 Å². The standard InChI is InChI=1S/C16H18FN3O/c1-2-11-4-3-7-20-15(11)10-19-9-13-6-5-12(16(18)21)8-14(13)17/h3-8,19H,2,9-10H2,1H3,(H2,18,21). The molecule has 2 aromatic rings. The molecule has 0 aliphatic heterocycles. The van der Waals surface area contributed by atoms with E-state index in [1.165, 1.54) is 11.6 Å². The van der Waals surface area contributed by atoms with Crippen LogP contribution in [0.3, 0.4) is 0 Å². The van der Waals surface area contributed by atoms with Crippen LogP contribution in [0.4, 0.5) is 4.39 Å². The first-order valence-corrected chi connectivity index (χ1v) is 6.83. The predicted octanol–water partition coefficient (Wildman–Crippen LogP) is 2.17. The lowest BCUT2D eigenvalue weighted by molar-refractivity contribution is 0.1000. The second kappa shape index (κ2) is 6.95. The van der Waals surface area contributed by atoms with Gasteiger partial charge >= 0.3 is 0 Å². The molecule has 110 valence electrons. The van der Waals surface area contributed by atoms with Crippen LogP contribution >= 0.6 is 0 Å². The van der Waals surface area contributed by atoms with Gasteiger partial charge in [0.15, 0.2) is 0 Å². The lowest BCUT2D eigenvalue weighted by atomic mass is 10.1. The highest BCUT2D eigenvalue weighted by molar-refractivity contribution is 5.92. The molecule has 3 N–H and O–H groups in total. The summed E-state index contributed by atoms with van der Waals surface area (Å²) in [6.45, 7) is 3.01. The molecule has 0 aliphatic rings. The molecule has 4 nitrogen and oxygen atoms in total. The Kier molecular flexibility index (Phi) is 5.00. The van der Waals surface area contributed by atoms with Gasteiger partial charge in [0, 0.05) is 30.4 Å². The molecule has 0 saturated heterocycles. The SMILES string of the molecule is CCc1cccnc1CNCc1ccc(C(N)=O)cc1F. The summed E-state index contributed by atoms with van der Waals surface area (Å²) in [7, 11) is 0. The zero-order chi connectivity index (χ0) is 15.2. The van der Waals surface area contributed by atoms with E-state index >= 15 is 0 Å². The first kappa shape index (κ1) is 15.1. The topological polar surface area (TPSA) is 68.0 Å². The molecule has 1 amide bonds. The largest absolute Gasteiger partial charge is 0.366 e. The van der Waals surface area contributed by atoms with Crippen LogP contribution in [0, 0.1) is 5.82 Å².